The van der Waals surface area contributed by atoms with Crippen LogP contribution in [0.1, 0.15) is 28.9 Å². The van der Waals surface area contributed by atoms with E-state index >= 15 is 0 Å². The normalized spacial score (nSPS) is 12.0. The van der Waals surface area contributed by atoms with Crippen molar-refractivity contribution in [1.82, 2.24) is 0 Å². The molecule has 0 heterocycles. The summed E-state index contributed by atoms with van der Waals surface area (Å²) in [6.45, 7) is 2.10. The Hall–Kier alpha value is -2.81. The number of nitrogens with one attached hydrogen (secondary N) is 1. The van der Waals surface area contributed by atoms with E-state index in [1.165, 1.54) is 16.3 Å². The van der Waals surface area contributed by atoms with Gasteiger partial charge in [-0.15, -0.1) is 0 Å². The molecule has 0 fully saturated rings. The van der Waals surface area contributed by atoms with Gasteiger partial charge in [-0.05, 0) is 47.5 Å². The third kappa shape index (κ3) is 2.93. The summed E-state index contributed by atoms with van der Waals surface area (Å²) in [5.41, 5.74) is 7.91. The molecule has 0 aliphatic carbocycles. The second-order valence-electron chi connectivity index (χ2n) is 5.42. The highest BCUT2D eigenvalue weighted by molar-refractivity contribution is 5.93. The van der Waals surface area contributed by atoms with Gasteiger partial charge >= 0.3 is 0 Å². The predicted octanol–water partition coefficient (Wildman–Crippen LogP) is 4.11. The second-order valence-corrected chi connectivity index (χ2v) is 5.42. The molecule has 3 aromatic carbocycles. The maximum absolute atomic E-state index is 11.2. The van der Waals surface area contributed by atoms with Gasteiger partial charge in [-0.1, -0.05) is 42.5 Å². The predicted molar refractivity (Wildman–Crippen MR) is 90.9 cm³/mol. The van der Waals surface area contributed by atoms with Gasteiger partial charge in [-0.2, -0.15) is 0 Å². The van der Waals surface area contributed by atoms with Crippen molar-refractivity contribution in [3.05, 3.63) is 77.9 Å². The Kier molecular flexibility index (Phi) is 3.79. The number of primary amides is 1. The van der Waals surface area contributed by atoms with Crippen molar-refractivity contribution >= 4 is 22.4 Å². The van der Waals surface area contributed by atoms with Crippen LogP contribution < -0.4 is 11.1 Å². The third-order valence-corrected chi connectivity index (χ3v) is 3.80. The molecule has 0 radical (unpaired) electrons. The fourth-order valence-electron chi connectivity index (χ4n) is 2.57. The van der Waals surface area contributed by atoms with Crippen molar-refractivity contribution in [1.29, 1.82) is 0 Å². The Morgan fingerprint density at radius 2 is 1.73 bits per heavy atom. The van der Waals surface area contributed by atoms with Crippen molar-refractivity contribution in [2.45, 2.75) is 13.0 Å². The average molecular weight is 290 g/mol. The number of amides is 1. The molecule has 1 unspecified atom stereocenters. The Morgan fingerprint density at radius 1 is 0.955 bits per heavy atom. The van der Waals surface area contributed by atoms with Crippen molar-refractivity contribution in [2.24, 2.45) is 5.73 Å². The fourth-order valence-corrected chi connectivity index (χ4v) is 2.57. The van der Waals surface area contributed by atoms with Crippen molar-refractivity contribution < 1.29 is 4.79 Å². The molecule has 3 N–H and O–H groups in total. The first-order valence-electron chi connectivity index (χ1n) is 7.28. The molecule has 0 saturated heterocycles. The summed E-state index contributed by atoms with van der Waals surface area (Å²) in [7, 11) is 0. The fraction of sp³-hybridized carbons (Fsp3) is 0.105. The molecule has 3 aromatic rings. The van der Waals surface area contributed by atoms with Gasteiger partial charge in [-0.3, -0.25) is 4.79 Å². The molecular formula is C19H18N2O. The molecule has 0 aliphatic heterocycles. The lowest BCUT2D eigenvalue weighted by molar-refractivity contribution is 0.100. The molecule has 3 nitrogen and oxygen atoms in total. The SMILES string of the molecule is CC(Nc1cccc(C(N)=O)c1)c1ccc2ccccc2c1. The summed E-state index contributed by atoms with van der Waals surface area (Å²) in [4.78, 5) is 11.2. The zero-order valence-electron chi connectivity index (χ0n) is 12.4. The summed E-state index contributed by atoms with van der Waals surface area (Å²) in [6, 6.07) is 22.1. The van der Waals surface area contributed by atoms with Crippen LogP contribution in [0.5, 0.6) is 0 Å². The number of anilines is 1. The second kappa shape index (κ2) is 5.90. The number of nitrogens with two attached hydrogens (primary N) is 1. The van der Waals surface area contributed by atoms with E-state index < -0.39 is 5.91 Å². The quantitative estimate of drug-likeness (QED) is 0.759. The Bertz CT molecular complexity index is 826. The van der Waals surface area contributed by atoms with Crippen molar-refractivity contribution in [2.75, 3.05) is 5.32 Å². The molecule has 3 rings (SSSR count). The van der Waals surface area contributed by atoms with Crippen molar-refractivity contribution in [3.63, 3.8) is 0 Å². The molecule has 0 bridgehead atoms. The van der Waals surface area contributed by atoms with Gasteiger partial charge in [0.15, 0.2) is 0 Å². The molecular weight excluding hydrogens is 272 g/mol. The largest absolute Gasteiger partial charge is 0.379 e. The topological polar surface area (TPSA) is 55.1 Å². The first-order chi connectivity index (χ1) is 10.6. The smallest absolute Gasteiger partial charge is 0.248 e. The van der Waals surface area contributed by atoms with Crippen LogP contribution in [0.25, 0.3) is 10.8 Å². The lowest BCUT2D eigenvalue weighted by atomic mass is 10.0. The molecule has 22 heavy (non-hydrogen) atoms. The van der Waals surface area contributed by atoms with Crippen LogP contribution in [0.2, 0.25) is 0 Å². The molecule has 1 amide bonds. The molecule has 1 atom stereocenters. The van der Waals surface area contributed by atoms with Gasteiger partial charge in [0.2, 0.25) is 5.91 Å². The van der Waals surface area contributed by atoms with E-state index in [4.69, 9.17) is 5.73 Å². The van der Waals surface area contributed by atoms with E-state index in [1.54, 1.807) is 12.1 Å². The molecule has 0 aliphatic rings. The maximum Gasteiger partial charge on any atom is 0.248 e. The van der Waals surface area contributed by atoms with E-state index in [0.717, 1.165) is 5.69 Å². The van der Waals surface area contributed by atoms with Gasteiger partial charge in [0.05, 0.1) is 0 Å². The molecule has 3 heteroatoms. The van der Waals surface area contributed by atoms with E-state index in [2.05, 4.69) is 42.6 Å². The summed E-state index contributed by atoms with van der Waals surface area (Å²) in [5.74, 6) is -0.415. The number of carbonyl (C=O) groups excluding carboxylic acids is 1. The van der Waals surface area contributed by atoms with Crippen LogP contribution in [-0.2, 0) is 0 Å². The first kappa shape index (κ1) is 14.1. The lowest BCUT2D eigenvalue weighted by Crippen LogP contribution is -2.12. The number of fused-ring (bicyclic) bond motifs is 1. The Labute approximate surface area is 129 Å². The Balaban J connectivity index is 1.85. The van der Waals surface area contributed by atoms with Crippen LogP contribution in [0.3, 0.4) is 0 Å². The van der Waals surface area contributed by atoms with Gasteiger partial charge in [0.25, 0.3) is 0 Å². The minimum Gasteiger partial charge on any atom is -0.379 e. The Morgan fingerprint density at radius 3 is 2.50 bits per heavy atom. The standard InChI is InChI=1S/C19H18N2O/c1-13(21-18-8-4-7-17(12-18)19(20)22)15-10-9-14-5-2-3-6-16(14)11-15/h2-13,21H,1H3,(H2,20,22). The maximum atomic E-state index is 11.2. The highest BCUT2D eigenvalue weighted by Gasteiger charge is 2.07. The molecule has 0 saturated carbocycles. The first-order valence-corrected chi connectivity index (χ1v) is 7.28. The number of carbonyl (C=O) groups is 1. The van der Waals surface area contributed by atoms with Gasteiger partial charge < -0.3 is 11.1 Å². The van der Waals surface area contributed by atoms with E-state index in [0.29, 0.717) is 5.56 Å². The van der Waals surface area contributed by atoms with Crippen LogP contribution in [-0.4, -0.2) is 5.91 Å². The van der Waals surface area contributed by atoms with Gasteiger partial charge in [-0.25, -0.2) is 0 Å². The zero-order chi connectivity index (χ0) is 15.5. The number of hydrogen-bond donors (Lipinski definition) is 2. The van der Waals surface area contributed by atoms with Gasteiger partial charge in [0, 0.05) is 17.3 Å². The van der Waals surface area contributed by atoms with E-state index in [-0.39, 0.29) is 6.04 Å². The van der Waals surface area contributed by atoms with Crippen LogP contribution >= 0.6 is 0 Å². The van der Waals surface area contributed by atoms with E-state index in [1.807, 2.05) is 24.3 Å². The summed E-state index contributed by atoms with van der Waals surface area (Å²) in [6.07, 6.45) is 0. The molecule has 110 valence electrons. The monoisotopic (exact) mass is 290 g/mol. The number of benzene rings is 3. The minimum absolute atomic E-state index is 0.132. The summed E-state index contributed by atoms with van der Waals surface area (Å²) >= 11 is 0. The highest BCUT2D eigenvalue weighted by atomic mass is 16.1. The van der Waals surface area contributed by atoms with Crippen LogP contribution in [0, 0.1) is 0 Å². The van der Waals surface area contributed by atoms with Crippen LogP contribution in [0.4, 0.5) is 5.69 Å². The van der Waals surface area contributed by atoms with Gasteiger partial charge in [0.1, 0.15) is 0 Å². The zero-order valence-corrected chi connectivity index (χ0v) is 12.4. The van der Waals surface area contributed by atoms with Crippen molar-refractivity contribution in [3.8, 4) is 0 Å². The number of hydrogen-bond acceptors (Lipinski definition) is 2. The number of rotatable bonds is 4. The summed E-state index contributed by atoms with van der Waals surface area (Å²) in [5, 5.41) is 5.86. The minimum atomic E-state index is -0.415. The summed E-state index contributed by atoms with van der Waals surface area (Å²) < 4.78 is 0. The van der Waals surface area contributed by atoms with Crippen LogP contribution in [0.15, 0.2) is 66.7 Å². The average Bonchev–Trinajstić information content (AvgIpc) is 2.54. The highest BCUT2D eigenvalue weighted by Crippen LogP contribution is 2.23. The lowest BCUT2D eigenvalue weighted by Gasteiger charge is -2.17. The molecule has 0 spiro atoms. The molecule has 0 aromatic heterocycles. The third-order valence-electron chi connectivity index (χ3n) is 3.80. The van der Waals surface area contributed by atoms with E-state index in [9.17, 15) is 4.79 Å².